The molecule has 2 amide bonds. The maximum Gasteiger partial charge on any atom is 0.223 e. The molecule has 1 aromatic rings. The summed E-state index contributed by atoms with van der Waals surface area (Å²) in [6.07, 6.45) is 8.56. The molecule has 3 rings (SSSR count). The summed E-state index contributed by atoms with van der Waals surface area (Å²) < 4.78 is 13.0. The summed E-state index contributed by atoms with van der Waals surface area (Å²) in [7, 11) is 0. The standard InChI is InChI=1S/C22H30FN3O2/c23-19-6-8-20(9-7-19)25-14-16-26(17-15-25)22(28)11-10-21(27)24-13-12-18-4-2-1-3-5-18/h4,6-9H,1-3,5,10-17H2,(H,24,27). The van der Waals surface area contributed by atoms with E-state index in [0.717, 1.165) is 38.0 Å². The van der Waals surface area contributed by atoms with E-state index >= 15 is 0 Å². The highest BCUT2D eigenvalue weighted by Gasteiger charge is 2.21. The molecule has 0 atom stereocenters. The van der Waals surface area contributed by atoms with E-state index in [2.05, 4.69) is 16.3 Å². The molecule has 1 N–H and O–H groups in total. The molecule has 1 aliphatic carbocycles. The summed E-state index contributed by atoms with van der Waals surface area (Å²) in [5.74, 6) is -0.259. The Morgan fingerprint density at radius 3 is 2.43 bits per heavy atom. The summed E-state index contributed by atoms with van der Waals surface area (Å²) in [6.45, 7) is 3.37. The topological polar surface area (TPSA) is 52.7 Å². The first-order valence-electron chi connectivity index (χ1n) is 10.3. The van der Waals surface area contributed by atoms with Gasteiger partial charge in [0.25, 0.3) is 0 Å². The average Bonchev–Trinajstić information content (AvgIpc) is 2.73. The van der Waals surface area contributed by atoms with Crippen molar-refractivity contribution in [3.63, 3.8) is 0 Å². The van der Waals surface area contributed by atoms with Crippen molar-refractivity contribution in [3.05, 3.63) is 41.7 Å². The van der Waals surface area contributed by atoms with Gasteiger partial charge in [0.15, 0.2) is 0 Å². The zero-order chi connectivity index (χ0) is 19.8. The number of rotatable bonds is 7. The SMILES string of the molecule is O=C(CCC(=O)N1CCN(c2ccc(F)cc2)CC1)NCCC1=CCCCC1. The number of halogens is 1. The molecule has 28 heavy (non-hydrogen) atoms. The van der Waals surface area contributed by atoms with Crippen molar-refractivity contribution in [1.29, 1.82) is 0 Å². The molecule has 0 spiro atoms. The van der Waals surface area contributed by atoms with Crippen molar-refractivity contribution in [3.8, 4) is 0 Å². The minimum absolute atomic E-state index is 0.0314. The monoisotopic (exact) mass is 387 g/mol. The summed E-state index contributed by atoms with van der Waals surface area (Å²) in [5.41, 5.74) is 2.42. The van der Waals surface area contributed by atoms with E-state index in [1.54, 1.807) is 12.1 Å². The molecule has 0 unspecified atom stereocenters. The molecule has 5 nitrogen and oxygen atoms in total. The highest BCUT2D eigenvalue weighted by Crippen LogP contribution is 2.19. The number of hydrogen-bond donors (Lipinski definition) is 1. The maximum absolute atomic E-state index is 13.0. The molecule has 1 saturated heterocycles. The Hall–Kier alpha value is -2.37. The van der Waals surface area contributed by atoms with Crippen LogP contribution in [0.25, 0.3) is 0 Å². The van der Waals surface area contributed by atoms with Crippen LogP contribution in [0, 0.1) is 5.82 Å². The Bertz CT molecular complexity index is 694. The predicted octanol–water partition coefficient (Wildman–Crippen LogP) is 3.26. The number of nitrogens with zero attached hydrogens (tertiary/aromatic N) is 2. The van der Waals surface area contributed by atoms with Crippen LogP contribution in [0.2, 0.25) is 0 Å². The zero-order valence-electron chi connectivity index (χ0n) is 16.5. The van der Waals surface area contributed by atoms with Crippen LogP contribution in [0.1, 0.15) is 44.9 Å². The van der Waals surface area contributed by atoms with Crippen LogP contribution in [-0.2, 0) is 9.59 Å². The first-order valence-corrected chi connectivity index (χ1v) is 10.3. The summed E-state index contributed by atoms with van der Waals surface area (Å²) in [5, 5.41) is 2.93. The molecule has 6 heteroatoms. The minimum Gasteiger partial charge on any atom is -0.368 e. The van der Waals surface area contributed by atoms with Gasteiger partial charge in [0.05, 0.1) is 0 Å². The van der Waals surface area contributed by atoms with Crippen LogP contribution < -0.4 is 10.2 Å². The van der Waals surface area contributed by atoms with Crippen LogP contribution in [0.4, 0.5) is 10.1 Å². The lowest BCUT2D eigenvalue weighted by Gasteiger charge is -2.36. The van der Waals surface area contributed by atoms with Gasteiger partial charge in [-0.15, -0.1) is 0 Å². The highest BCUT2D eigenvalue weighted by atomic mass is 19.1. The lowest BCUT2D eigenvalue weighted by atomic mass is 9.97. The fourth-order valence-electron chi connectivity index (χ4n) is 3.83. The second kappa shape index (κ2) is 10.2. The second-order valence-corrected chi connectivity index (χ2v) is 7.55. The number of amides is 2. The third-order valence-electron chi connectivity index (χ3n) is 5.54. The number of carbonyl (C=O) groups is 2. The fraction of sp³-hybridized carbons (Fsp3) is 0.545. The van der Waals surface area contributed by atoms with Crippen LogP contribution in [0.5, 0.6) is 0 Å². The molecule has 0 aromatic heterocycles. The first kappa shape index (κ1) is 20.4. The van der Waals surface area contributed by atoms with E-state index in [4.69, 9.17) is 0 Å². The van der Waals surface area contributed by atoms with Gasteiger partial charge in [-0.3, -0.25) is 9.59 Å². The number of benzene rings is 1. The molecule has 2 aliphatic rings. The Labute approximate surface area is 166 Å². The third-order valence-corrected chi connectivity index (χ3v) is 5.54. The van der Waals surface area contributed by atoms with Gasteiger partial charge in [0.1, 0.15) is 5.82 Å². The molecule has 152 valence electrons. The van der Waals surface area contributed by atoms with Crippen LogP contribution in [-0.4, -0.2) is 49.4 Å². The molecule has 0 radical (unpaired) electrons. The molecular weight excluding hydrogens is 357 g/mol. The van der Waals surface area contributed by atoms with Crippen molar-refractivity contribution >= 4 is 17.5 Å². The summed E-state index contributed by atoms with van der Waals surface area (Å²) >= 11 is 0. The molecule has 1 fully saturated rings. The highest BCUT2D eigenvalue weighted by molar-refractivity contribution is 5.83. The fourth-order valence-corrected chi connectivity index (χ4v) is 3.83. The van der Waals surface area contributed by atoms with E-state index < -0.39 is 0 Å². The molecule has 1 aliphatic heterocycles. The van der Waals surface area contributed by atoms with Crippen LogP contribution in [0.3, 0.4) is 0 Å². The van der Waals surface area contributed by atoms with E-state index in [9.17, 15) is 14.0 Å². The van der Waals surface area contributed by atoms with Gasteiger partial charge in [-0.2, -0.15) is 0 Å². The number of carbonyl (C=O) groups excluding carboxylic acids is 2. The van der Waals surface area contributed by atoms with Gasteiger partial charge in [-0.1, -0.05) is 11.6 Å². The lowest BCUT2D eigenvalue weighted by Crippen LogP contribution is -2.49. The van der Waals surface area contributed by atoms with E-state index in [0.29, 0.717) is 19.6 Å². The van der Waals surface area contributed by atoms with Crippen molar-refractivity contribution < 1.29 is 14.0 Å². The molecule has 0 saturated carbocycles. The first-order chi connectivity index (χ1) is 13.6. The van der Waals surface area contributed by atoms with Crippen molar-refractivity contribution in [2.24, 2.45) is 0 Å². The van der Waals surface area contributed by atoms with E-state index in [1.807, 2.05) is 4.90 Å². The van der Waals surface area contributed by atoms with Gasteiger partial charge < -0.3 is 15.1 Å². The quantitative estimate of drug-likeness (QED) is 0.731. The summed E-state index contributed by atoms with van der Waals surface area (Å²) in [4.78, 5) is 28.3. The molecule has 0 bridgehead atoms. The van der Waals surface area contributed by atoms with Gasteiger partial charge in [0, 0.05) is 51.3 Å². The van der Waals surface area contributed by atoms with Gasteiger partial charge in [0.2, 0.25) is 11.8 Å². The lowest BCUT2D eigenvalue weighted by molar-refractivity contribution is -0.133. The second-order valence-electron chi connectivity index (χ2n) is 7.55. The van der Waals surface area contributed by atoms with Gasteiger partial charge in [-0.25, -0.2) is 4.39 Å². The van der Waals surface area contributed by atoms with E-state index in [1.165, 1.54) is 30.5 Å². The van der Waals surface area contributed by atoms with Gasteiger partial charge in [-0.05, 0) is 56.4 Å². The molecular formula is C22H30FN3O2. The number of piperazine rings is 1. The van der Waals surface area contributed by atoms with Gasteiger partial charge >= 0.3 is 0 Å². The van der Waals surface area contributed by atoms with Crippen molar-refractivity contribution in [2.75, 3.05) is 37.6 Å². The average molecular weight is 387 g/mol. The van der Waals surface area contributed by atoms with Crippen molar-refractivity contribution in [1.82, 2.24) is 10.2 Å². The molecule has 1 heterocycles. The smallest absolute Gasteiger partial charge is 0.223 e. The minimum atomic E-state index is -0.244. The number of allylic oxidation sites excluding steroid dienone is 1. The summed E-state index contributed by atoms with van der Waals surface area (Å²) in [6, 6.07) is 6.44. The maximum atomic E-state index is 13.0. The molecule has 1 aromatic carbocycles. The van der Waals surface area contributed by atoms with E-state index in [-0.39, 0.29) is 30.5 Å². The third kappa shape index (κ3) is 6.08. The predicted molar refractivity (Wildman–Crippen MR) is 109 cm³/mol. The Balaban J connectivity index is 1.32. The normalized spacial score (nSPS) is 17.2. The Morgan fingerprint density at radius 1 is 1.00 bits per heavy atom. The zero-order valence-corrected chi connectivity index (χ0v) is 16.5. The number of nitrogens with one attached hydrogen (secondary N) is 1. The Morgan fingerprint density at radius 2 is 1.75 bits per heavy atom. The Kier molecular flexibility index (Phi) is 7.46. The van der Waals surface area contributed by atoms with Crippen LogP contribution >= 0.6 is 0 Å². The number of anilines is 1. The van der Waals surface area contributed by atoms with Crippen LogP contribution in [0.15, 0.2) is 35.9 Å². The van der Waals surface area contributed by atoms with Crippen molar-refractivity contribution in [2.45, 2.75) is 44.9 Å². The number of hydrogen-bond acceptors (Lipinski definition) is 3. The largest absolute Gasteiger partial charge is 0.368 e.